The van der Waals surface area contributed by atoms with Crippen LogP contribution in [0.2, 0.25) is 5.02 Å². The fraction of sp³-hybridized carbons (Fsp3) is 0.324. The van der Waals surface area contributed by atoms with E-state index in [-0.39, 0.29) is 11.8 Å². The zero-order valence-corrected chi connectivity index (χ0v) is 27.0. The molecule has 0 fully saturated rings. The van der Waals surface area contributed by atoms with Crippen LogP contribution in [0.1, 0.15) is 47.0 Å². The number of hydrogen-bond acceptors (Lipinski definition) is 8. The molecule has 0 saturated carbocycles. The quantitative estimate of drug-likeness (QED) is 0.204. The van der Waals surface area contributed by atoms with Gasteiger partial charge >= 0.3 is 0 Å². The van der Waals surface area contributed by atoms with Crippen molar-refractivity contribution in [3.05, 3.63) is 106 Å². The Hall–Kier alpha value is -4.58. The van der Waals surface area contributed by atoms with Crippen LogP contribution in [0.15, 0.2) is 77.8 Å². The standard InChI is InChI=1S/C30H30ClN5O4.C4H9NO/c1-21-34-35-28-20-33-29(22-7-9-24(31)10-8-22)26-19-25(11-12-27(26)36(21)28)40-18-17-39-16-15-38-14-13-32-30(37)23-5-3-2-4-6-23;1-3-5-4(2)6/h2-12,19H,13-18,20H2,1H3,(H,32,37);3H2,1-2H3,(H,5,6). The second-order valence-electron chi connectivity index (χ2n) is 10.1. The molecule has 4 aromatic rings. The number of nitrogens with zero attached hydrogens (tertiary/aromatic N) is 4. The Bertz CT molecular complexity index is 1610. The van der Waals surface area contributed by atoms with E-state index in [4.69, 9.17) is 30.8 Å². The lowest BCUT2D eigenvalue weighted by Gasteiger charge is -2.15. The summed E-state index contributed by atoms with van der Waals surface area (Å²) in [4.78, 5) is 26.8. The molecule has 2 amide bonds. The third-order valence-corrected chi connectivity index (χ3v) is 6.97. The van der Waals surface area contributed by atoms with Gasteiger partial charge in [-0.15, -0.1) is 10.2 Å². The Morgan fingerprint density at radius 2 is 1.61 bits per heavy atom. The van der Waals surface area contributed by atoms with E-state index in [9.17, 15) is 9.59 Å². The molecule has 0 aliphatic carbocycles. The molecule has 0 spiro atoms. The molecule has 1 aromatic heterocycles. The van der Waals surface area contributed by atoms with E-state index in [1.54, 1.807) is 12.1 Å². The lowest BCUT2D eigenvalue weighted by atomic mass is 10.00. The second-order valence-corrected chi connectivity index (χ2v) is 10.6. The highest BCUT2D eigenvalue weighted by Crippen LogP contribution is 2.29. The maximum Gasteiger partial charge on any atom is 0.251 e. The molecule has 0 unspecified atom stereocenters. The van der Waals surface area contributed by atoms with Gasteiger partial charge in [0.15, 0.2) is 5.82 Å². The van der Waals surface area contributed by atoms with Gasteiger partial charge in [-0.1, -0.05) is 41.9 Å². The van der Waals surface area contributed by atoms with E-state index in [0.29, 0.717) is 62.5 Å². The number of carbonyl (C=O) groups is 2. The third-order valence-electron chi connectivity index (χ3n) is 6.71. The summed E-state index contributed by atoms with van der Waals surface area (Å²) in [5, 5.41) is 14.6. The minimum atomic E-state index is -0.112. The molecule has 0 radical (unpaired) electrons. The summed E-state index contributed by atoms with van der Waals surface area (Å²) in [7, 11) is 0. The number of fused-ring (bicyclic) bond motifs is 3. The first kappa shape index (κ1) is 34.3. The van der Waals surface area contributed by atoms with E-state index in [0.717, 1.165) is 40.7 Å². The van der Waals surface area contributed by atoms with Crippen molar-refractivity contribution in [3.63, 3.8) is 0 Å². The minimum Gasteiger partial charge on any atom is -0.491 e. The van der Waals surface area contributed by atoms with Crippen LogP contribution in [-0.4, -0.2) is 78.4 Å². The molecule has 11 nitrogen and oxygen atoms in total. The van der Waals surface area contributed by atoms with Crippen molar-refractivity contribution in [2.45, 2.75) is 27.3 Å². The number of carbonyl (C=O) groups excluding carboxylic acids is 2. The Labute approximate surface area is 274 Å². The highest BCUT2D eigenvalue weighted by atomic mass is 35.5. The molecule has 3 aromatic carbocycles. The van der Waals surface area contributed by atoms with E-state index in [1.165, 1.54) is 6.92 Å². The van der Waals surface area contributed by atoms with Gasteiger partial charge < -0.3 is 24.8 Å². The van der Waals surface area contributed by atoms with Crippen LogP contribution in [0.5, 0.6) is 5.75 Å². The summed E-state index contributed by atoms with van der Waals surface area (Å²) in [6.07, 6.45) is 0. The zero-order valence-electron chi connectivity index (χ0n) is 26.3. The van der Waals surface area contributed by atoms with Crippen molar-refractivity contribution >= 4 is 29.1 Å². The first-order chi connectivity index (χ1) is 22.4. The summed E-state index contributed by atoms with van der Waals surface area (Å²) >= 11 is 6.13. The molecule has 2 heterocycles. The molecule has 1 aliphatic heterocycles. The van der Waals surface area contributed by atoms with Crippen LogP contribution >= 0.6 is 11.6 Å². The topological polar surface area (TPSA) is 129 Å². The number of benzene rings is 3. The molecule has 0 atom stereocenters. The van der Waals surface area contributed by atoms with Crippen molar-refractivity contribution in [2.24, 2.45) is 4.99 Å². The van der Waals surface area contributed by atoms with Gasteiger partial charge in [0.2, 0.25) is 5.91 Å². The van der Waals surface area contributed by atoms with E-state index < -0.39 is 0 Å². The van der Waals surface area contributed by atoms with Crippen LogP contribution in [0.25, 0.3) is 5.69 Å². The predicted molar refractivity (Wildman–Crippen MR) is 177 cm³/mol. The SMILES string of the molecule is CCNC(C)=O.Cc1nnc2n1-c1ccc(OCCOCCOCCNC(=O)c3ccccc3)cc1C(c1ccc(Cl)cc1)=NC2. The first-order valence-electron chi connectivity index (χ1n) is 15.1. The summed E-state index contributed by atoms with van der Waals surface area (Å²) in [6.45, 7) is 8.99. The van der Waals surface area contributed by atoms with Gasteiger partial charge in [-0.05, 0) is 56.3 Å². The van der Waals surface area contributed by atoms with E-state index in [1.807, 2.05) is 79.1 Å². The Kier molecular flexibility index (Phi) is 13.3. The van der Waals surface area contributed by atoms with Gasteiger partial charge in [-0.25, -0.2) is 0 Å². The second kappa shape index (κ2) is 17.8. The average molecular weight is 647 g/mol. The smallest absolute Gasteiger partial charge is 0.251 e. The monoisotopic (exact) mass is 646 g/mol. The van der Waals surface area contributed by atoms with E-state index >= 15 is 0 Å². The maximum absolute atomic E-state index is 12.0. The lowest BCUT2D eigenvalue weighted by molar-refractivity contribution is -0.118. The van der Waals surface area contributed by atoms with E-state index in [2.05, 4.69) is 20.8 Å². The van der Waals surface area contributed by atoms with Gasteiger partial charge in [0.05, 0.1) is 37.8 Å². The van der Waals surface area contributed by atoms with Gasteiger partial charge in [0, 0.05) is 41.7 Å². The number of aryl methyl sites for hydroxylation is 1. The molecule has 46 heavy (non-hydrogen) atoms. The molecular formula is C34H39ClN6O5. The number of aromatic nitrogens is 3. The number of halogens is 1. The Balaban J connectivity index is 0.000000731. The maximum atomic E-state index is 12.0. The number of aliphatic imine (C=N–C) groups is 1. The molecule has 0 bridgehead atoms. The molecular weight excluding hydrogens is 608 g/mol. The Morgan fingerprint density at radius 1 is 0.891 bits per heavy atom. The fourth-order valence-electron chi connectivity index (χ4n) is 4.62. The number of hydrogen-bond donors (Lipinski definition) is 2. The number of ether oxygens (including phenoxy) is 3. The number of rotatable bonds is 13. The largest absolute Gasteiger partial charge is 0.491 e. The van der Waals surface area contributed by atoms with Gasteiger partial charge in [-0.3, -0.25) is 19.1 Å². The zero-order chi connectivity index (χ0) is 32.7. The highest BCUT2D eigenvalue weighted by molar-refractivity contribution is 6.30. The Morgan fingerprint density at radius 3 is 2.30 bits per heavy atom. The lowest BCUT2D eigenvalue weighted by Crippen LogP contribution is -2.27. The highest BCUT2D eigenvalue weighted by Gasteiger charge is 2.22. The number of nitrogens with one attached hydrogen (secondary N) is 2. The van der Waals surface area contributed by atoms with Crippen LogP contribution in [0.3, 0.4) is 0 Å². The molecule has 1 aliphatic rings. The minimum absolute atomic E-state index is 0.0394. The molecule has 2 N–H and O–H groups in total. The van der Waals surface area contributed by atoms with Crippen molar-refractivity contribution in [1.82, 2.24) is 25.4 Å². The van der Waals surface area contributed by atoms with Crippen LogP contribution in [-0.2, 0) is 20.8 Å². The molecule has 5 rings (SSSR count). The normalized spacial score (nSPS) is 11.6. The summed E-state index contributed by atoms with van der Waals surface area (Å²) in [5.74, 6) is 2.22. The van der Waals surface area contributed by atoms with Crippen molar-refractivity contribution in [1.29, 1.82) is 0 Å². The van der Waals surface area contributed by atoms with Gasteiger partial charge in [0.1, 0.15) is 24.7 Å². The average Bonchev–Trinajstić information content (AvgIpc) is 3.34. The van der Waals surface area contributed by atoms with Crippen LogP contribution < -0.4 is 15.4 Å². The molecule has 0 saturated heterocycles. The van der Waals surface area contributed by atoms with Crippen molar-refractivity contribution in [2.75, 3.05) is 46.1 Å². The predicted octanol–water partition coefficient (Wildman–Crippen LogP) is 4.56. The summed E-state index contributed by atoms with van der Waals surface area (Å²) in [6, 6.07) is 22.7. The van der Waals surface area contributed by atoms with Gasteiger partial charge in [-0.2, -0.15) is 0 Å². The van der Waals surface area contributed by atoms with Crippen LogP contribution in [0, 0.1) is 6.92 Å². The number of amides is 2. The summed E-state index contributed by atoms with van der Waals surface area (Å²) in [5.41, 5.74) is 4.31. The van der Waals surface area contributed by atoms with Gasteiger partial charge in [0.25, 0.3) is 5.91 Å². The van der Waals surface area contributed by atoms with Crippen LogP contribution in [0.4, 0.5) is 0 Å². The summed E-state index contributed by atoms with van der Waals surface area (Å²) < 4.78 is 19.2. The third kappa shape index (κ3) is 9.96. The fourth-order valence-corrected chi connectivity index (χ4v) is 4.74. The molecule has 242 valence electrons. The van der Waals surface area contributed by atoms with Crippen molar-refractivity contribution < 1.29 is 23.8 Å². The van der Waals surface area contributed by atoms with Crippen molar-refractivity contribution in [3.8, 4) is 11.4 Å². The molecule has 12 heteroatoms. The first-order valence-corrected chi connectivity index (χ1v) is 15.5.